The maximum atomic E-state index is 13.5. The summed E-state index contributed by atoms with van der Waals surface area (Å²) < 4.78 is 5.38. The van der Waals surface area contributed by atoms with Crippen molar-refractivity contribution in [3.05, 3.63) is 45.9 Å². The van der Waals surface area contributed by atoms with Gasteiger partial charge in [0.15, 0.2) is 5.78 Å². The molecule has 2 N–H and O–H groups in total. The minimum absolute atomic E-state index is 0.0661. The first-order chi connectivity index (χ1) is 19.0. The van der Waals surface area contributed by atoms with Gasteiger partial charge in [0.05, 0.1) is 18.4 Å². The summed E-state index contributed by atoms with van der Waals surface area (Å²) in [6, 6.07) is 8.40. The van der Waals surface area contributed by atoms with Crippen molar-refractivity contribution in [1.82, 2.24) is 20.8 Å². The molecule has 0 saturated carbocycles. The number of ether oxygens (including phenoxy) is 1. The number of hydrogen-bond acceptors (Lipinski definition) is 9. The smallest absolute Gasteiger partial charge is 0.306 e. The highest BCUT2D eigenvalue weighted by Crippen LogP contribution is 2.22. The van der Waals surface area contributed by atoms with Gasteiger partial charge in [-0.1, -0.05) is 58.0 Å². The lowest BCUT2D eigenvalue weighted by Crippen LogP contribution is -2.47. The fourth-order valence-electron chi connectivity index (χ4n) is 4.51. The van der Waals surface area contributed by atoms with Crippen LogP contribution in [0.2, 0.25) is 0 Å². The Morgan fingerprint density at radius 2 is 1.77 bits per heavy atom. The third kappa shape index (κ3) is 9.32. The lowest BCUT2D eigenvalue weighted by atomic mass is 9.87. The highest BCUT2D eigenvalue weighted by Gasteiger charge is 2.34. The third-order valence-corrected chi connectivity index (χ3v) is 7.78. The van der Waals surface area contributed by atoms with Crippen molar-refractivity contribution >= 4 is 40.7 Å². The van der Waals surface area contributed by atoms with E-state index in [0.29, 0.717) is 17.8 Å². The maximum absolute atomic E-state index is 13.5. The molecule has 1 aliphatic rings. The van der Waals surface area contributed by atoms with Gasteiger partial charge in [-0.3, -0.25) is 24.0 Å². The topological polar surface area (TPSA) is 144 Å². The van der Waals surface area contributed by atoms with Crippen LogP contribution < -0.4 is 10.6 Å². The molecule has 1 aromatic carbocycles. The second-order valence-electron chi connectivity index (χ2n) is 10.9. The minimum atomic E-state index is -0.910. The number of benzene rings is 1. The molecule has 2 amide bonds. The molecular formula is C29H38N4O6S. The second-order valence-corrected chi connectivity index (χ2v) is 12.1. The van der Waals surface area contributed by atoms with Crippen molar-refractivity contribution in [2.45, 2.75) is 72.4 Å². The van der Waals surface area contributed by atoms with Gasteiger partial charge in [0.2, 0.25) is 11.7 Å². The molecule has 1 aromatic heterocycles. The number of fused-ring (bicyclic) bond motifs is 2. The van der Waals surface area contributed by atoms with Crippen molar-refractivity contribution in [1.29, 1.82) is 0 Å². The Morgan fingerprint density at radius 3 is 2.45 bits per heavy atom. The average Bonchev–Trinajstić information content (AvgIpc) is 3.35. The molecule has 10 nitrogen and oxygen atoms in total. The normalized spacial score (nSPS) is 17.2. The van der Waals surface area contributed by atoms with Gasteiger partial charge in [-0.2, -0.15) is 0 Å². The number of nitrogens with one attached hydrogen (secondary N) is 2. The van der Waals surface area contributed by atoms with Gasteiger partial charge < -0.3 is 15.4 Å². The molecule has 11 heteroatoms. The molecule has 2 aromatic rings. The lowest BCUT2D eigenvalue weighted by Gasteiger charge is -2.26. The lowest BCUT2D eigenvalue weighted by molar-refractivity contribution is -0.149. The molecule has 40 heavy (non-hydrogen) atoms. The molecular weight excluding hydrogens is 532 g/mol. The molecule has 0 spiro atoms. The van der Waals surface area contributed by atoms with E-state index in [-0.39, 0.29) is 50.0 Å². The number of amides is 2. The van der Waals surface area contributed by atoms with Crippen LogP contribution in [0, 0.1) is 23.7 Å². The Kier molecular flexibility index (Phi) is 11.5. The zero-order valence-corrected chi connectivity index (χ0v) is 24.3. The molecule has 2 heterocycles. The molecule has 0 fully saturated rings. The summed E-state index contributed by atoms with van der Waals surface area (Å²) in [6.45, 7) is 7.90. The second kappa shape index (κ2) is 14.8. The first-order valence-electron chi connectivity index (χ1n) is 13.7. The number of Topliss-reactive ketones (excluding diaryl/α,β-unsaturated/α-hetero) is 2. The van der Waals surface area contributed by atoms with Crippen molar-refractivity contribution < 1.29 is 28.7 Å². The van der Waals surface area contributed by atoms with Crippen LogP contribution in [0.5, 0.6) is 0 Å². The van der Waals surface area contributed by atoms with Crippen LogP contribution in [0.25, 0.3) is 0 Å². The highest BCUT2D eigenvalue weighted by atomic mass is 32.1. The number of aromatic nitrogens is 2. The van der Waals surface area contributed by atoms with Crippen molar-refractivity contribution in [3.8, 4) is 0 Å². The first-order valence-corrected chi connectivity index (χ1v) is 14.5. The van der Waals surface area contributed by atoms with E-state index < -0.39 is 41.4 Å². The van der Waals surface area contributed by atoms with Gasteiger partial charge in [0.25, 0.3) is 5.91 Å². The van der Waals surface area contributed by atoms with Crippen LogP contribution in [0.15, 0.2) is 30.3 Å². The van der Waals surface area contributed by atoms with Crippen LogP contribution in [-0.2, 0) is 48.2 Å². The van der Waals surface area contributed by atoms with E-state index in [4.69, 9.17) is 4.74 Å². The van der Waals surface area contributed by atoms with Crippen molar-refractivity contribution in [2.24, 2.45) is 23.7 Å². The summed E-state index contributed by atoms with van der Waals surface area (Å²) >= 11 is 1.36. The quantitative estimate of drug-likeness (QED) is 0.293. The fraction of sp³-hybridized carbons (Fsp3) is 0.552. The minimum Gasteiger partial charge on any atom is -0.461 e. The van der Waals surface area contributed by atoms with Crippen LogP contribution in [0.1, 0.15) is 62.5 Å². The number of esters is 1. The van der Waals surface area contributed by atoms with Gasteiger partial charge in [0, 0.05) is 31.7 Å². The summed E-state index contributed by atoms with van der Waals surface area (Å²) in [4.78, 5) is 64.8. The van der Waals surface area contributed by atoms with Crippen molar-refractivity contribution in [3.63, 3.8) is 0 Å². The Morgan fingerprint density at radius 1 is 1.07 bits per heavy atom. The van der Waals surface area contributed by atoms with E-state index in [9.17, 15) is 24.0 Å². The molecule has 0 radical (unpaired) electrons. The zero-order valence-electron chi connectivity index (χ0n) is 23.5. The summed E-state index contributed by atoms with van der Waals surface area (Å²) in [7, 11) is 0. The summed E-state index contributed by atoms with van der Waals surface area (Å²) in [5.41, 5.74) is 0.845. The Balaban J connectivity index is 1.68. The average molecular weight is 571 g/mol. The van der Waals surface area contributed by atoms with Crippen LogP contribution in [0.4, 0.5) is 0 Å². The largest absolute Gasteiger partial charge is 0.461 e. The van der Waals surface area contributed by atoms with E-state index in [1.54, 1.807) is 0 Å². The summed E-state index contributed by atoms with van der Waals surface area (Å²) in [5.74, 6) is -4.41. The van der Waals surface area contributed by atoms with Crippen LogP contribution >= 0.6 is 11.3 Å². The molecule has 1 aliphatic heterocycles. The molecule has 3 unspecified atom stereocenters. The van der Waals surface area contributed by atoms with Crippen LogP contribution in [0.3, 0.4) is 0 Å². The number of carbonyl (C=O) groups excluding carboxylic acids is 5. The zero-order chi connectivity index (χ0) is 29.2. The summed E-state index contributed by atoms with van der Waals surface area (Å²) in [5, 5.41) is 15.0. The number of carbonyl (C=O) groups is 5. The Labute approximate surface area is 238 Å². The molecule has 2 bridgehead atoms. The molecule has 216 valence electrons. The predicted octanol–water partition coefficient (Wildman–Crippen LogP) is 2.83. The molecule has 3 rings (SSSR count). The molecule has 3 atom stereocenters. The Hall–Kier alpha value is -3.47. The Bertz CT molecular complexity index is 1200. The third-order valence-electron chi connectivity index (χ3n) is 6.78. The van der Waals surface area contributed by atoms with Gasteiger partial charge in [-0.25, -0.2) is 0 Å². The van der Waals surface area contributed by atoms with Gasteiger partial charge in [-0.15, -0.1) is 21.5 Å². The van der Waals surface area contributed by atoms with E-state index >= 15 is 0 Å². The van der Waals surface area contributed by atoms with E-state index in [1.807, 2.05) is 58.0 Å². The van der Waals surface area contributed by atoms with Gasteiger partial charge in [-0.05, 0) is 23.8 Å². The first kappa shape index (κ1) is 31.1. The number of ketones is 2. The standard InChI is InChI=1S/C29H38N4O6S/c1-17(2)12-22(23(34)13-20-14-25-33-32-24(40-25)10-11-30-29(38)27(20)36)31-28(37)21(18(3)4)15-26(35)39-16-19-8-6-5-7-9-19/h5-9,17-18,20-22H,10-16H2,1-4H3,(H,30,38)(H,31,37). The summed E-state index contributed by atoms with van der Waals surface area (Å²) in [6.07, 6.45) is 0.618. The van der Waals surface area contributed by atoms with Crippen LogP contribution in [-0.4, -0.2) is 52.1 Å². The number of rotatable bonds is 12. The number of nitrogens with zero attached hydrogens (tertiary/aromatic N) is 2. The highest BCUT2D eigenvalue weighted by molar-refractivity contribution is 7.11. The van der Waals surface area contributed by atoms with E-state index in [0.717, 1.165) is 10.6 Å². The monoisotopic (exact) mass is 570 g/mol. The van der Waals surface area contributed by atoms with Crippen molar-refractivity contribution in [2.75, 3.05) is 6.54 Å². The fourth-order valence-corrected chi connectivity index (χ4v) is 5.43. The molecule has 0 saturated heterocycles. The maximum Gasteiger partial charge on any atom is 0.306 e. The van der Waals surface area contributed by atoms with E-state index in [1.165, 1.54) is 11.3 Å². The van der Waals surface area contributed by atoms with Gasteiger partial charge >= 0.3 is 5.97 Å². The predicted molar refractivity (Wildman–Crippen MR) is 149 cm³/mol. The number of hydrogen-bond donors (Lipinski definition) is 2. The van der Waals surface area contributed by atoms with E-state index in [2.05, 4.69) is 20.8 Å². The SMILES string of the molecule is CC(C)CC(NC(=O)C(CC(=O)OCc1ccccc1)C(C)C)C(=O)CC1Cc2nnc(s2)CCNC(=O)C1=O. The van der Waals surface area contributed by atoms with Gasteiger partial charge in [0.1, 0.15) is 16.6 Å². The molecule has 0 aliphatic carbocycles.